The zero-order valence-corrected chi connectivity index (χ0v) is 9.99. The number of nitrogens with zero attached hydrogens (tertiary/aromatic N) is 4. The van der Waals surface area contributed by atoms with Gasteiger partial charge in [-0.05, 0) is 6.92 Å². The van der Waals surface area contributed by atoms with E-state index in [1.165, 1.54) is 6.33 Å². The van der Waals surface area contributed by atoms with Gasteiger partial charge in [0.15, 0.2) is 0 Å². The number of hydrogen-bond donors (Lipinski definition) is 1. The second kappa shape index (κ2) is 4.56. The van der Waals surface area contributed by atoms with Crippen LogP contribution in [0.15, 0.2) is 12.4 Å². The van der Waals surface area contributed by atoms with E-state index in [4.69, 9.17) is 0 Å². The lowest BCUT2D eigenvalue weighted by Gasteiger charge is -2.07. The van der Waals surface area contributed by atoms with Crippen LogP contribution in [0.4, 0.5) is 5.82 Å². The molecule has 0 spiro atoms. The van der Waals surface area contributed by atoms with Crippen LogP contribution < -0.4 is 5.32 Å². The number of fused-ring (bicyclic) bond motifs is 1. The summed E-state index contributed by atoms with van der Waals surface area (Å²) < 4.78 is 12.6. The summed E-state index contributed by atoms with van der Waals surface area (Å²) >= 11 is 0. The van der Waals surface area contributed by atoms with Gasteiger partial charge >= 0.3 is 0 Å². The molecule has 2 rings (SSSR count). The first-order valence-corrected chi connectivity index (χ1v) is 6.61. The van der Waals surface area contributed by atoms with E-state index in [-0.39, 0.29) is 0 Å². The molecule has 0 saturated carbocycles. The van der Waals surface area contributed by atoms with Gasteiger partial charge in [0.1, 0.15) is 12.1 Å². The minimum atomic E-state index is -0.792. The van der Waals surface area contributed by atoms with Crippen molar-refractivity contribution in [2.75, 3.05) is 23.9 Å². The van der Waals surface area contributed by atoms with Crippen LogP contribution in [0.3, 0.4) is 0 Å². The first-order chi connectivity index (χ1) is 7.66. The van der Waals surface area contributed by atoms with Gasteiger partial charge in [0.2, 0.25) is 0 Å². The summed E-state index contributed by atoms with van der Waals surface area (Å²) in [6.07, 6.45) is 3.15. The molecule has 0 aliphatic heterocycles. The fourth-order valence-electron chi connectivity index (χ4n) is 1.38. The van der Waals surface area contributed by atoms with Gasteiger partial charge in [0.25, 0.3) is 5.78 Å². The fraction of sp³-hybridized carbons (Fsp3) is 0.444. The number of aryl methyl sites for hydroxylation is 1. The molecular weight excluding hydrogens is 226 g/mol. The third-order valence-electron chi connectivity index (χ3n) is 2.08. The molecule has 2 heterocycles. The van der Waals surface area contributed by atoms with Gasteiger partial charge in [-0.3, -0.25) is 4.21 Å². The first-order valence-electron chi connectivity index (χ1n) is 4.88. The SMILES string of the molecule is Cc1cc(NCCS(C)=O)n2ncnc2n1. The summed E-state index contributed by atoms with van der Waals surface area (Å²) in [5, 5.41) is 7.24. The van der Waals surface area contributed by atoms with Crippen molar-refractivity contribution in [3.8, 4) is 0 Å². The molecule has 0 bridgehead atoms. The van der Waals surface area contributed by atoms with E-state index in [9.17, 15) is 4.21 Å². The van der Waals surface area contributed by atoms with Crippen LogP contribution in [-0.2, 0) is 10.8 Å². The van der Waals surface area contributed by atoms with Crippen LogP contribution in [0.1, 0.15) is 5.69 Å². The summed E-state index contributed by atoms with van der Waals surface area (Å²) in [7, 11) is -0.792. The molecule has 1 N–H and O–H groups in total. The van der Waals surface area contributed by atoms with Crippen molar-refractivity contribution in [2.45, 2.75) is 6.92 Å². The number of anilines is 1. The Morgan fingerprint density at radius 3 is 3.12 bits per heavy atom. The van der Waals surface area contributed by atoms with E-state index in [0.29, 0.717) is 18.1 Å². The molecule has 2 aromatic rings. The highest BCUT2D eigenvalue weighted by Gasteiger charge is 2.04. The summed E-state index contributed by atoms with van der Waals surface area (Å²) in [6.45, 7) is 2.54. The predicted molar refractivity (Wildman–Crippen MR) is 62.9 cm³/mol. The Balaban J connectivity index is 2.22. The quantitative estimate of drug-likeness (QED) is 0.826. The maximum Gasteiger partial charge on any atom is 0.254 e. The molecule has 1 atom stereocenters. The van der Waals surface area contributed by atoms with Gasteiger partial charge in [0.05, 0.1) is 0 Å². The van der Waals surface area contributed by atoms with E-state index in [2.05, 4.69) is 20.4 Å². The van der Waals surface area contributed by atoms with Crippen LogP contribution in [0, 0.1) is 6.92 Å². The van der Waals surface area contributed by atoms with Crippen molar-refractivity contribution in [3.63, 3.8) is 0 Å². The molecule has 0 saturated heterocycles. The first kappa shape index (κ1) is 11.0. The fourth-order valence-corrected chi connectivity index (χ4v) is 1.77. The van der Waals surface area contributed by atoms with E-state index >= 15 is 0 Å². The maximum atomic E-state index is 10.9. The van der Waals surface area contributed by atoms with Crippen molar-refractivity contribution < 1.29 is 4.21 Å². The molecule has 16 heavy (non-hydrogen) atoms. The molecule has 86 valence electrons. The van der Waals surface area contributed by atoms with Crippen molar-refractivity contribution >= 4 is 22.4 Å². The molecule has 0 radical (unpaired) electrons. The van der Waals surface area contributed by atoms with Crippen molar-refractivity contribution in [1.82, 2.24) is 19.6 Å². The topological polar surface area (TPSA) is 72.2 Å². The number of rotatable bonds is 4. The van der Waals surface area contributed by atoms with Gasteiger partial charge in [-0.25, -0.2) is 4.98 Å². The number of hydrogen-bond acceptors (Lipinski definition) is 5. The minimum Gasteiger partial charge on any atom is -0.369 e. The molecule has 2 aromatic heterocycles. The third kappa shape index (κ3) is 2.35. The van der Waals surface area contributed by atoms with Gasteiger partial charge in [-0.2, -0.15) is 14.6 Å². The highest BCUT2D eigenvalue weighted by molar-refractivity contribution is 7.84. The number of aromatic nitrogens is 4. The molecule has 0 fully saturated rings. The second-order valence-electron chi connectivity index (χ2n) is 3.46. The number of nitrogens with one attached hydrogen (secondary N) is 1. The molecule has 0 amide bonds. The average molecular weight is 239 g/mol. The van der Waals surface area contributed by atoms with Crippen LogP contribution >= 0.6 is 0 Å². The zero-order valence-electron chi connectivity index (χ0n) is 9.17. The van der Waals surface area contributed by atoms with Gasteiger partial charge in [-0.1, -0.05) is 0 Å². The molecule has 6 nitrogen and oxygen atoms in total. The van der Waals surface area contributed by atoms with Gasteiger partial charge < -0.3 is 5.32 Å². The lowest BCUT2D eigenvalue weighted by molar-refractivity contribution is 0.687. The minimum absolute atomic E-state index is 0.570. The Labute approximate surface area is 95.6 Å². The second-order valence-corrected chi connectivity index (χ2v) is 5.01. The largest absolute Gasteiger partial charge is 0.369 e. The molecule has 0 aliphatic carbocycles. The molecule has 7 heteroatoms. The lowest BCUT2D eigenvalue weighted by atomic mass is 10.4. The normalized spacial score (nSPS) is 12.9. The molecular formula is C9H13N5OS. The Morgan fingerprint density at radius 1 is 1.56 bits per heavy atom. The summed E-state index contributed by atoms with van der Waals surface area (Å²) in [4.78, 5) is 8.25. The average Bonchev–Trinajstić information content (AvgIpc) is 2.64. The molecule has 1 unspecified atom stereocenters. The van der Waals surface area contributed by atoms with Crippen molar-refractivity contribution in [2.24, 2.45) is 0 Å². The van der Waals surface area contributed by atoms with Crippen LogP contribution in [0.25, 0.3) is 5.78 Å². The Bertz CT molecular complexity index is 524. The van der Waals surface area contributed by atoms with E-state index in [0.717, 1.165) is 11.5 Å². The van der Waals surface area contributed by atoms with Crippen LogP contribution in [0.2, 0.25) is 0 Å². The standard InChI is InChI=1S/C9H13N5OS/c1-7-5-8(10-3-4-16(2)15)14-9(13-7)11-6-12-14/h5-6,10H,3-4H2,1-2H3. The Hall–Kier alpha value is -1.50. The van der Waals surface area contributed by atoms with Crippen LogP contribution in [0.5, 0.6) is 0 Å². The predicted octanol–water partition coefficient (Wildman–Crippen LogP) is 0.223. The summed E-state index contributed by atoms with van der Waals surface area (Å²) in [5.74, 6) is 2.00. The molecule has 0 aliphatic rings. The van der Waals surface area contributed by atoms with Gasteiger partial charge in [0, 0.05) is 41.1 Å². The maximum absolute atomic E-state index is 10.9. The van der Waals surface area contributed by atoms with E-state index < -0.39 is 10.8 Å². The Morgan fingerprint density at radius 2 is 2.38 bits per heavy atom. The lowest BCUT2D eigenvalue weighted by Crippen LogP contribution is -2.13. The third-order valence-corrected chi connectivity index (χ3v) is 2.85. The van der Waals surface area contributed by atoms with E-state index in [1.807, 2.05) is 13.0 Å². The van der Waals surface area contributed by atoms with Crippen molar-refractivity contribution in [3.05, 3.63) is 18.1 Å². The Kier molecular flexibility index (Phi) is 3.14. The zero-order chi connectivity index (χ0) is 11.5. The summed E-state index contributed by atoms with van der Waals surface area (Å²) in [5.41, 5.74) is 0.876. The monoisotopic (exact) mass is 239 g/mol. The smallest absolute Gasteiger partial charge is 0.254 e. The highest BCUT2D eigenvalue weighted by Crippen LogP contribution is 2.09. The van der Waals surface area contributed by atoms with E-state index in [1.54, 1.807) is 10.8 Å². The van der Waals surface area contributed by atoms with Gasteiger partial charge in [-0.15, -0.1) is 0 Å². The summed E-state index contributed by atoms with van der Waals surface area (Å²) in [6, 6.07) is 1.89. The van der Waals surface area contributed by atoms with Crippen molar-refractivity contribution in [1.29, 1.82) is 0 Å². The molecule has 0 aromatic carbocycles. The van der Waals surface area contributed by atoms with Crippen LogP contribution in [-0.4, -0.2) is 42.3 Å². The highest BCUT2D eigenvalue weighted by atomic mass is 32.2.